The Morgan fingerprint density at radius 1 is 1.53 bits per heavy atom. The summed E-state index contributed by atoms with van der Waals surface area (Å²) in [4.78, 5) is 0. The van der Waals surface area contributed by atoms with Crippen LogP contribution in [0.5, 0.6) is 0 Å². The third-order valence-corrected chi connectivity index (χ3v) is 6.09. The first kappa shape index (κ1) is 11.4. The summed E-state index contributed by atoms with van der Waals surface area (Å²) in [5, 5.41) is 0. The molecule has 0 bridgehead atoms. The van der Waals surface area contributed by atoms with Crippen molar-refractivity contribution in [2.75, 3.05) is 13.1 Å². The highest BCUT2D eigenvalue weighted by Gasteiger charge is 2.31. The Balaban J connectivity index is 2.27. The molecule has 0 amide bonds. The van der Waals surface area contributed by atoms with Crippen molar-refractivity contribution in [1.82, 2.24) is 4.31 Å². The van der Waals surface area contributed by atoms with Gasteiger partial charge < -0.3 is 0 Å². The first-order valence-corrected chi connectivity index (χ1v) is 7.39. The molecule has 1 aromatic heterocycles. The van der Waals surface area contributed by atoms with Crippen molar-refractivity contribution in [3.63, 3.8) is 0 Å². The van der Waals surface area contributed by atoms with Crippen LogP contribution in [0.25, 0.3) is 0 Å². The number of hydrogen-bond donors (Lipinski definition) is 0. The normalized spacial score (nSPS) is 23.5. The molecule has 1 aromatic rings. The molecule has 2 heterocycles. The van der Waals surface area contributed by atoms with Crippen molar-refractivity contribution in [1.29, 1.82) is 0 Å². The summed E-state index contributed by atoms with van der Waals surface area (Å²) in [6.07, 6.45) is 0.943. The van der Waals surface area contributed by atoms with Gasteiger partial charge in [0.15, 0.2) is 0 Å². The second-order valence-electron chi connectivity index (χ2n) is 3.82. The Hall–Kier alpha value is -0.100. The number of sulfonamides is 1. The summed E-state index contributed by atoms with van der Waals surface area (Å²) in [5.41, 5.74) is 0. The molecule has 3 nitrogen and oxygen atoms in total. The molecule has 0 N–H and O–H groups in total. The topological polar surface area (TPSA) is 37.4 Å². The second kappa shape index (κ2) is 4.05. The number of nitrogens with zero attached hydrogens (tertiary/aromatic N) is 1. The molecule has 1 aliphatic heterocycles. The Morgan fingerprint density at radius 2 is 2.27 bits per heavy atom. The van der Waals surface area contributed by atoms with E-state index in [1.54, 1.807) is 16.4 Å². The van der Waals surface area contributed by atoms with E-state index < -0.39 is 10.0 Å². The molecule has 1 unspecified atom stereocenters. The van der Waals surface area contributed by atoms with E-state index in [9.17, 15) is 8.42 Å². The van der Waals surface area contributed by atoms with Crippen LogP contribution in [0.4, 0.5) is 0 Å². The predicted octanol–water partition coefficient (Wildman–Crippen LogP) is 2.43. The smallest absolute Gasteiger partial charge is 0.206 e. The van der Waals surface area contributed by atoms with Crippen LogP contribution in [0, 0.1) is 5.92 Å². The van der Waals surface area contributed by atoms with Gasteiger partial charge in [-0.3, -0.25) is 0 Å². The molecule has 0 aliphatic carbocycles. The minimum Gasteiger partial charge on any atom is -0.206 e. The Bertz CT molecular complexity index is 454. The van der Waals surface area contributed by atoms with E-state index in [1.165, 1.54) is 0 Å². The van der Waals surface area contributed by atoms with Crippen LogP contribution in [0.15, 0.2) is 16.3 Å². The van der Waals surface area contributed by atoms with Gasteiger partial charge >= 0.3 is 0 Å². The molecular weight excluding hydrogens is 254 g/mol. The lowest BCUT2D eigenvalue weighted by molar-refractivity contribution is 0.466. The van der Waals surface area contributed by atoms with Gasteiger partial charge in [0.1, 0.15) is 4.21 Å². The lowest BCUT2D eigenvalue weighted by Crippen LogP contribution is -2.27. The van der Waals surface area contributed by atoms with Gasteiger partial charge in [0, 0.05) is 13.1 Å². The highest BCUT2D eigenvalue weighted by molar-refractivity contribution is 7.91. The third kappa shape index (κ3) is 2.20. The summed E-state index contributed by atoms with van der Waals surface area (Å²) in [6.45, 7) is 3.31. The van der Waals surface area contributed by atoms with E-state index in [-0.39, 0.29) is 0 Å². The monoisotopic (exact) mass is 265 g/mol. The zero-order chi connectivity index (χ0) is 11.1. The van der Waals surface area contributed by atoms with Crippen molar-refractivity contribution in [3.05, 3.63) is 16.5 Å². The minimum atomic E-state index is -3.28. The van der Waals surface area contributed by atoms with Crippen molar-refractivity contribution < 1.29 is 8.42 Å². The predicted molar refractivity (Wildman–Crippen MR) is 61.9 cm³/mol. The van der Waals surface area contributed by atoms with Crippen molar-refractivity contribution >= 4 is 33.0 Å². The molecule has 1 atom stereocenters. The fraction of sp³-hybridized carbons (Fsp3) is 0.556. The molecule has 1 fully saturated rings. The largest absolute Gasteiger partial charge is 0.252 e. The van der Waals surface area contributed by atoms with Crippen LogP contribution in [0.1, 0.15) is 13.3 Å². The van der Waals surface area contributed by atoms with E-state index in [4.69, 9.17) is 11.6 Å². The molecule has 84 valence electrons. The maximum absolute atomic E-state index is 12.1. The van der Waals surface area contributed by atoms with Crippen molar-refractivity contribution in [3.8, 4) is 0 Å². The van der Waals surface area contributed by atoms with E-state index in [1.807, 2.05) is 0 Å². The average molecular weight is 266 g/mol. The number of halogens is 1. The highest BCUT2D eigenvalue weighted by atomic mass is 35.5. The summed E-state index contributed by atoms with van der Waals surface area (Å²) in [5.74, 6) is 0.454. The Kier molecular flexibility index (Phi) is 3.07. The molecule has 2 rings (SSSR count). The summed E-state index contributed by atoms with van der Waals surface area (Å²) >= 11 is 6.86. The first-order chi connectivity index (χ1) is 7.00. The van der Waals surface area contributed by atoms with Crippen molar-refractivity contribution in [2.24, 2.45) is 5.92 Å². The van der Waals surface area contributed by atoms with E-state index in [0.29, 0.717) is 27.6 Å². The molecule has 0 radical (unpaired) electrons. The standard InChI is InChI=1S/C9H12ClNO2S2/c1-7-4-5-11(6-7)15(12,13)9-3-2-8(10)14-9/h2-3,7H,4-6H2,1H3. The SMILES string of the molecule is CC1CCN(S(=O)(=O)c2ccc(Cl)s2)C1. The van der Waals surface area contributed by atoms with Gasteiger partial charge in [-0.05, 0) is 24.5 Å². The molecule has 0 spiro atoms. The number of hydrogen-bond acceptors (Lipinski definition) is 3. The van der Waals surface area contributed by atoms with Crippen LogP contribution in [0.3, 0.4) is 0 Å². The summed E-state index contributed by atoms with van der Waals surface area (Å²) in [6, 6.07) is 3.20. The van der Waals surface area contributed by atoms with Gasteiger partial charge in [-0.25, -0.2) is 8.42 Å². The van der Waals surface area contributed by atoms with Gasteiger partial charge in [0.2, 0.25) is 0 Å². The molecule has 15 heavy (non-hydrogen) atoms. The van der Waals surface area contributed by atoms with Gasteiger partial charge in [0.05, 0.1) is 4.34 Å². The van der Waals surface area contributed by atoms with Gasteiger partial charge in [0.25, 0.3) is 10.0 Å². The number of rotatable bonds is 2. The van der Waals surface area contributed by atoms with Crippen LogP contribution >= 0.6 is 22.9 Å². The van der Waals surface area contributed by atoms with Gasteiger partial charge in [-0.1, -0.05) is 18.5 Å². The molecular formula is C9H12ClNO2S2. The van der Waals surface area contributed by atoms with E-state index in [0.717, 1.165) is 17.8 Å². The van der Waals surface area contributed by atoms with Gasteiger partial charge in [-0.15, -0.1) is 11.3 Å². The third-order valence-electron chi connectivity index (χ3n) is 2.53. The zero-order valence-electron chi connectivity index (χ0n) is 8.31. The lowest BCUT2D eigenvalue weighted by atomic mass is 10.2. The van der Waals surface area contributed by atoms with Crippen LogP contribution in [-0.4, -0.2) is 25.8 Å². The lowest BCUT2D eigenvalue weighted by Gasteiger charge is -2.14. The maximum atomic E-state index is 12.1. The highest BCUT2D eigenvalue weighted by Crippen LogP contribution is 2.30. The van der Waals surface area contributed by atoms with E-state index >= 15 is 0 Å². The first-order valence-electron chi connectivity index (χ1n) is 4.75. The fourth-order valence-electron chi connectivity index (χ4n) is 1.68. The molecule has 1 saturated heterocycles. The van der Waals surface area contributed by atoms with Crippen molar-refractivity contribution in [2.45, 2.75) is 17.6 Å². The van der Waals surface area contributed by atoms with Gasteiger partial charge in [-0.2, -0.15) is 4.31 Å². The Morgan fingerprint density at radius 3 is 2.73 bits per heavy atom. The average Bonchev–Trinajstić information content (AvgIpc) is 2.74. The molecule has 0 saturated carbocycles. The summed E-state index contributed by atoms with van der Waals surface area (Å²) in [7, 11) is -3.28. The molecule has 1 aliphatic rings. The maximum Gasteiger partial charge on any atom is 0.252 e. The Labute approximate surface area is 98.7 Å². The van der Waals surface area contributed by atoms with Crippen LogP contribution < -0.4 is 0 Å². The zero-order valence-corrected chi connectivity index (χ0v) is 10.7. The fourth-order valence-corrected chi connectivity index (χ4v) is 4.89. The van der Waals surface area contributed by atoms with E-state index in [2.05, 4.69) is 6.92 Å². The quantitative estimate of drug-likeness (QED) is 0.824. The molecule has 6 heteroatoms. The summed E-state index contributed by atoms with van der Waals surface area (Å²) < 4.78 is 26.5. The molecule has 0 aromatic carbocycles. The van der Waals surface area contributed by atoms with Crippen LogP contribution in [0.2, 0.25) is 4.34 Å². The van der Waals surface area contributed by atoms with Crippen LogP contribution in [-0.2, 0) is 10.0 Å². The second-order valence-corrected chi connectivity index (χ2v) is 7.70. The number of thiophene rings is 1. The minimum absolute atomic E-state index is 0.349.